The van der Waals surface area contributed by atoms with Crippen LogP contribution in [-0.2, 0) is 0 Å². The van der Waals surface area contributed by atoms with Crippen LogP contribution in [0.25, 0.3) is 0 Å². The third-order valence-corrected chi connectivity index (χ3v) is 4.90. The van der Waals surface area contributed by atoms with Gasteiger partial charge in [-0.05, 0) is 37.4 Å². The summed E-state index contributed by atoms with van der Waals surface area (Å²) in [6.45, 7) is 2.18. The molecule has 20 heavy (non-hydrogen) atoms. The summed E-state index contributed by atoms with van der Waals surface area (Å²) in [7, 11) is 1.82. The summed E-state index contributed by atoms with van der Waals surface area (Å²) in [6, 6.07) is 2.19. The molecule has 0 aliphatic heterocycles. The lowest BCUT2D eigenvalue weighted by Crippen LogP contribution is -2.33. The highest BCUT2D eigenvalue weighted by Crippen LogP contribution is 2.41. The van der Waals surface area contributed by atoms with Crippen LogP contribution < -0.4 is 5.32 Å². The predicted molar refractivity (Wildman–Crippen MR) is 78.9 cm³/mol. The monoisotopic (exact) mass is 301 g/mol. The van der Waals surface area contributed by atoms with E-state index in [1.807, 2.05) is 7.05 Å². The zero-order chi connectivity index (χ0) is 14.7. The van der Waals surface area contributed by atoms with Gasteiger partial charge in [-0.3, -0.25) is 0 Å². The predicted octanol–water partition coefficient (Wildman–Crippen LogP) is 5.10. The van der Waals surface area contributed by atoms with Crippen LogP contribution in [0, 0.1) is 23.5 Å². The summed E-state index contributed by atoms with van der Waals surface area (Å²) in [4.78, 5) is 0. The van der Waals surface area contributed by atoms with Gasteiger partial charge in [0.15, 0.2) is 0 Å². The molecule has 0 amide bonds. The van der Waals surface area contributed by atoms with Gasteiger partial charge in [0.1, 0.15) is 11.6 Å². The van der Waals surface area contributed by atoms with E-state index in [9.17, 15) is 8.78 Å². The van der Waals surface area contributed by atoms with Gasteiger partial charge in [-0.1, -0.05) is 44.2 Å². The van der Waals surface area contributed by atoms with Crippen molar-refractivity contribution in [3.8, 4) is 0 Å². The number of nitrogens with one attached hydrogen (secondary N) is 1. The molecule has 1 aliphatic carbocycles. The molecule has 112 valence electrons. The Morgan fingerprint density at radius 3 is 2.60 bits per heavy atom. The molecular formula is C16H22ClF2N. The minimum absolute atomic E-state index is 0.146. The Hall–Kier alpha value is -0.670. The van der Waals surface area contributed by atoms with Gasteiger partial charge < -0.3 is 5.32 Å². The standard InChI is InChI=1S/C16H22ClF2N/c1-3-10-6-4-5-7-11(10)16(20-2)12-8-15(19)13(17)9-14(12)18/h8-11,16,20H,3-7H2,1-2H3. The SMILES string of the molecule is CCC1CCCCC1C(NC)c1cc(F)c(Cl)cc1F. The second kappa shape index (κ2) is 6.86. The molecule has 1 aromatic carbocycles. The van der Waals surface area contributed by atoms with Gasteiger partial charge in [-0.15, -0.1) is 0 Å². The fraction of sp³-hybridized carbons (Fsp3) is 0.625. The highest BCUT2D eigenvalue weighted by Gasteiger charge is 2.32. The Bertz CT molecular complexity index is 464. The van der Waals surface area contributed by atoms with Crippen molar-refractivity contribution in [1.82, 2.24) is 5.32 Å². The Kier molecular flexibility index (Phi) is 5.39. The number of hydrogen-bond donors (Lipinski definition) is 1. The average molecular weight is 302 g/mol. The van der Waals surface area contributed by atoms with Gasteiger partial charge in [-0.25, -0.2) is 8.78 Å². The molecule has 2 rings (SSSR count). The normalized spacial score (nSPS) is 24.6. The van der Waals surface area contributed by atoms with E-state index in [0.717, 1.165) is 25.3 Å². The number of benzene rings is 1. The van der Waals surface area contributed by atoms with Crippen molar-refractivity contribution in [1.29, 1.82) is 0 Å². The first kappa shape index (κ1) is 15.7. The molecule has 0 aromatic heterocycles. The van der Waals surface area contributed by atoms with Gasteiger partial charge >= 0.3 is 0 Å². The Labute approximate surface area is 124 Å². The Morgan fingerprint density at radius 1 is 1.25 bits per heavy atom. The molecule has 3 atom stereocenters. The average Bonchev–Trinajstić information content (AvgIpc) is 2.45. The molecule has 1 aliphatic rings. The van der Waals surface area contributed by atoms with Gasteiger partial charge in [0.25, 0.3) is 0 Å². The van der Waals surface area contributed by atoms with E-state index in [1.165, 1.54) is 18.9 Å². The zero-order valence-electron chi connectivity index (χ0n) is 12.1. The first-order valence-electron chi connectivity index (χ1n) is 7.40. The minimum atomic E-state index is -0.549. The molecule has 1 aromatic rings. The van der Waals surface area contributed by atoms with Crippen LogP contribution in [0.1, 0.15) is 50.6 Å². The Morgan fingerprint density at radius 2 is 1.95 bits per heavy atom. The maximum Gasteiger partial charge on any atom is 0.142 e. The molecule has 1 N–H and O–H groups in total. The van der Waals surface area contributed by atoms with E-state index >= 15 is 0 Å². The molecule has 0 heterocycles. The molecule has 1 saturated carbocycles. The van der Waals surface area contributed by atoms with Crippen LogP contribution >= 0.6 is 11.6 Å². The van der Waals surface area contributed by atoms with E-state index in [2.05, 4.69) is 12.2 Å². The third kappa shape index (κ3) is 3.15. The highest BCUT2D eigenvalue weighted by molar-refractivity contribution is 6.30. The molecule has 4 heteroatoms. The van der Waals surface area contributed by atoms with Gasteiger partial charge in [0.2, 0.25) is 0 Å². The maximum atomic E-state index is 14.2. The van der Waals surface area contributed by atoms with Crippen molar-refractivity contribution >= 4 is 11.6 Å². The largest absolute Gasteiger partial charge is 0.313 e. The van der Waals surface area contributed by atoms with E-state index in [-0.39, 0.29) is 11.1 Å². The summed E-state index contributed by atoms with van der Waals surface area (Å²) >= 11 is 5.64. The lowest BCUT2D eigenvalue weighted by molar-refractivity contribution is 0.178. The molecular weight excluding hydrogens is 280 g/mol. The van der Waals surface area contributed by atoms with Crippen molar-refractivity contribution in [2.45, 2.75) is 45.1 Å². The molecule has 1 nitrogen and oxygen atoms in total. The number of halogens is 3. The molecule has 1 fully saturated rings. The first-order valence-corrected chi connectivity index (χ1v) is 7.78. The number of rotatable bonds is 4. The maximum absolute atomic E-state index is 14.2. The second-order valence-electron chi connectivity index (χ2n) is 5.67. The summed E-state index contributed by atoms with van der Waals surface area (Å²) in [6.07, 6.45) is 5.73. The lowest BCUT2D eigenvalue weighted by atomic mass is 9.72. The summed E-state index contributed by atoms with van der Waals surface area (Å²) in [5, 5.41) is 3.03. The van der Waals surface area contributed by atoms with Crippen LogP contribution in [0.5, 0.6) is 0 Å². The van der Waals surface area contributed by atoms with Crippen LogP contribution in [0.4, 0.5) is 8.78 Å². The highest BCUT2D eigenvalue weighted by atomic mass is 35.5. The van der Waals surface area contributed by atoms with Crippen LogP contribution in [0.3, 0.4) is 0 Å². The van der Waals surface area contributed by atoms with Crippen molar-refractivity contribution in [3.05, 3.63) is 34.4 Å². The van der Waals surface area contributed by atoms with Crippen molar-refractivity contribution in [3.63, 3.8) is 0 Å². The van der Waals surface area contributed by atoms with E-state index in [1.54, 1.807) is 0 Å². The van der Waals surface area contributed by atoms with Crippen LogP contribution in [0.2, 0.25) is 5.02 Å². The lowest BCUT2D eigenvalue weighted by Gasteiger charge is -2.37. The van der Waals surface area contributed by atoms with Crippen LogP contribution in [-0.4, -0.2) is 7.05 Å². The second-order valence-corrected chi connectivity index (χ2v) is 6.08. The van der Waals surface area contributed by atoms with Gasteiger partial charge in [-0.2, -0.15) is 0 Å². The van der Waals surface area contributed by atoms with Crippen LogP contribution in [0.15, 0.2) is 12.1 Å². The van der Waals surface area contributed by atoms with Crippen molar-refractivity contribution < 1.29 is 8.78 Å². The topological polar surface area (TPSA) is 12.0 Å². The molecule has 3 unspecified atom stereocenters. The minimum Gasteiger partial charge on any atom is -0.313 e. The van der Waals surface area contributed by atoms with Gasteiger partial charge in [0, 0.05) is 11.6 Å². The summed E-state index contributed by atoms with van der Waals surface area (Å²) in [5.41, 5.74) is 0.403. The van der Waals surface area contributed by atoms with E-state index in [0.29, 0.717) is 17.4 Å². The molecule has 0 saturated heterocycles. The summed E-state index contributed by atoms with van der Waals surface area (Å²) < 4.78 is 27.8. The fourth-order valence-electron chi connectivity index (χ4n) is 3.56. The number of hydrogen-bond acceptors (Lipinski definition) is 1. The summed E-state index contributed by atoms with van der Waals surface area (Å²) in [5.74, 6) is -0.0449. The quantitative estimate of drug-likeness (QED) is 0.763. The molecule has 0 radical (unpaired) electrons. The first-order chi connectivity index (χ1) is 9.58. The Balaban J connectivity index is 2.33. The molecule has 0 bridgehead atoms. The third-order valence-electron chi connectivity index (χ3n) is 4.61. The van der Waals surface area contributed by atoms with E-state index in [4.69, 9.17) is 11.6 Å². The van der Waals surface area contributed by atoms with Gasteiger partial charge in [0.05, 0.1) is 5.02 Å². The van der Waals surface area contributed by atoms with Crippen molar-refractivity contribution in [2.24, 2.45) is 11.8 Å². The zero-order valence-corrected chi connectivity index (χ0v) is 12.8. The van der Waals surface area contributed by atoms with Crippen molar-refractivity contribution in [2.75, 3.05) is 7.05 Å². The molecule has 0 spiro atoms. The smallest absolute Gasteiger partial charge is 0.142 e. The fourth-order valence-corrected chi connectivity index (χ4v) is 3.71. The van der Waals surface area contributed by atoms with E-state index < -0.39 is 11.6 Å².